The first-order valence-corrected chi connectivity index (χ1v) is 6.67. The van der Waals surface area contributed by atoms with Crippen LogP contribution in [0.15, 0.2) is 30.9 Å². The number of hydrogen-bond acceptors (Lipinski definition) is 2. The van der Waals surface area contributed by atoms with Crippen LogP contribution in [-0.4, -0.2) is 20.6 Å². The van der Waals surface area contributed by atoms with E-state index in [0.29, 0.717) is 12.1 Å². The maximum Gasteiger partial charge on any atom is 0.335 e. The largest absolute Gasteiger partial charge is 0.478 e. The van der Waals surface area contributed by atoms with Gasteiger partial charge in [-0.15, -0.1) is 0 Å². The molecule has 1 heterocycles. The molecule has 20 heavy (non-hydrogen) atoms. The first kappa shape index (κ1) is 12.7. The molecular formula is C16H16N2O2. The van der Waals surface area contributed by atoms with Crippen LogP contribution in [0.4, 0.5) is 0 Å². The molecule has 0 saturated heterocycles. The van der Waals surface area contributed by atoms with Crippen molar-refractivity contribution >= 4 is 12.0 Å². The van der Waals surface area contributed by atoms with Gasteiger partial charge in [-0.1, -0.05) is 12.2 Å². The van der Waals surface area contributed by atoms with Gasteiger partial charge < -0.3 is 9.67 Å². The van der Waals surface area contributed by atoms with Crippen LogP contribution in [0.3, 0.4) is 0 Å². The normalized spacial score (nSPS) is 13.2. The third-order valence-electron chi connectivity index (χ3n) is 3.84. The molecule has 0 saturated carbocycles. The van der Waals surface area contributed by atoms with Crippen molar-refractivity contribution in [3.8, 4) is 0 Å². The predicted molar refractivity (Wildman–Crippen MR) is 76.8 cm³/mol. The van der Waals surface area contributed by atoms with Crippen molar-refractivity contribution in [2.45, 2.75) is 26.3 Å². The van der Waals surface area contributed by atoms with Crippen LogP contribution in [0.25, 0.3) is 6.08 Å². The number of hydrogen-bond donors (Lipinski definition) is 1. The summed E-state index contributed by atoms with van der Waals surface area (Å²) in [5.74, 6) is -0.844. The van der Waals surface area contributed by atoms with Gasteiger partial charge in [0.25, 0.3) is 0 Å². The van der Waals surface area contributed by atoms with Gasteiger partial charge >= 0.3 is 5.97 Å². The van der Waals surface area contributed by atoms with Gasteiger partial charge in [0.05, 0.1) is 11.9 Å². The Morgan fingerprint density at radius 3 is 3.05 bits per heavy atom. The lowest BCUT2D eigenvalue weighted by molar-refractivity contribution is 0.0695. The SMILES string of the molecule is Cc1c(Cn2ccnc2)cc(C(=O)O)c2c1C=CCC2. The number of carboxylic acids is 1. The molecule has 1 N–H and O–H groups in total. The van der Waals surface area contributed by atoms with Gasteiger partial charge in [-0.25, -0.2) is 9.78 Å². The molecule has 0 amide bonds. The first-order valence-electron chi connectivity index (χ1n) is 6.67. The van der Waals surface area contributed by atoms with Gasteiger partial charge in [0.2, 0.25) is 0 Å². The molecule has 4 nitrogen and oxygen atoms in total. The molecule has 2 aromatic rings. The molecule has 0 atom stereocenters. The monoisotopic (exact) mass is 268 g/mol. The summed E-state index contributed by atoms with van der Waals surface area (Å²) >= 11 is 0. The number of carbonyl (C=O) groups is 1. The minimum atomic E-state index is -0.844. The Morgan fingerprint density at radius 1 is 1.50 bits per heavy atom. The van der Waals surface area contributed by atoms with Gasteiger partial charge in [0.1, 0.15) is 0 Å². The minimum Gasteiger partial charge on any atom is -0.478 e. The van der Waals surface area contributed by atoms with E-state index in [0.717, 1.165) is 35.1 Å². The van der Waals surface area contributed by atoms with Crippen molar-refractivity contribution in [3.63, 3.8) is 0 Å². The van der Waals surface area contributed by atoms with Crippen LogP contribution in [0.1, 0.15) is 39.0 Å². The van der Waals surface area contributed by atoms with Crippen molar-refractivity contribution < 1.29 is 9.90 Å². The highest BCUT2D eigenvalue weighted by molar-refractivity contribution is 5.91. The van der Waals surface area contributed by atoms with Crippen LogP contribution >= 0.6 is 0 Å². The highest BCUT2D eigenvalue weighted by Crippen LogP contribution is 2.29. The summed E-state index contributed by atoms with van der Waals surface area (Å²) in [6.45, 7) is 2.71. The van der Waals surface area contributed by atoms with E-state index in [2.05, 4.69) is 24.1 Å². The van der Waals surface area contributed by atoms with Crippen LogP contribution in [-0.2, 0) is 13.0 Å². The summed E-state index contributed by atoms with van der Waals surface area (Å²) in [6.07, 6.45) is 11.2. The standard InChI is InChI=1S/C16H16N2O2/c1-11-12(9-18-7-6-17-10-18)8-15(16(19)20)14-5-3-2-4-13(11)14/h2,4,6-8,10H,3,5,9H2,1H3,(H,19,20). The number of rotatable bonds is 3. The number of aromatic nitrogens is 2. The van der Waals surface area contributed by atoms with E-state index < -0.39 is 5.97 Å². The number of aromatic carboxylic acids is 1. The number of allylic oxidation sites excluding steroid dienone is 1. The van der Waals surface area contributed by atoms with Crippen LogP contribution in [0.2, 0.25) is 0 Å². The maximum absolute atomic E-state index is 11.5. The Kier molecular flexibility index (Phi) is 3.14. The summed E-state index contributed by atoms with van der Waals surface area (Å²) < 4.78 is 1.95. The Balaban J connectivity index is 2.13. The molecule has 1 aromatic heterocycles. The first-order chi connectivity index (χ1) is 9.66. The van der Waals surface area contributed by atoms with E-state index in [9.17, 15) is 9.90 Å². The molecule has 1 aliphatic rings. The van der Waals surface area contributed by atoms with Gasteiger partial charge in [-0.2, -0.15) is 0 Å². The van der Waals surface area contributed by atoms with Crippen molar-refractivity contribution in [1.29, 1.82) is 0 Å². The summed E-state index contributed by atoms with van der Waals surface area (Å²) in [7, 11) is 0. The number of carboxylic acid groups (broad SMARTS) is 1. The van der Waals surface area contributed by atoms with Crippen LogP contribution in [0.5, 0.6) is 0 Å². The van der Waals surface area contributed by atoms with Crippen LogP contribution < -0.4 is 0 Å². The fourth-order valence-electron chi connectivity index (χ4n) is 2.77. The molecule has 0 bridgehead atoms. The summed E-state index contributed by atoms with van der Waals surface area (Å²) in [4.78, 5) is 15.5. The average Bonchev–Trinajstić information content (AvgIpc) is 2.94. The third kappa shape index (κ3) is 2.13. The topological polar surface area (TPSA) is 55.1 Å². The Hall–Kier alpha value is -2.36. The fraction of sp³-hybridized carbons (Fsp3) is 0.250. The second kappa shape index (κ2) is 4.96. The van der Waals surface area contributed by atoms with Crippen molar-refractivity contribution in [2.75, 3.05) is 0 Å². The quantitative estimate of drug-likeness (QED) is 0.931. The number of fused-ring (bicyclic) bond motifs is 1. The molecule has 1 aromatic carbocycles. The molecule has 4 heteroatoms. The summed E-state index contributed by atoms with van der Waals surface area (Å²) in [6, 6.07) is 1.82. The van der Waals surface area contributed by atoms with E-state index in [1.807, 2.05) is 16.8 Å². The van der Waals surface area contributed by atoms with Crippen molar-refractivity contribution in [1.82, 2.24) is 9.55 Å². The number of nitrogens with zero attached hydrogens (tertiary/aromatic N) is 2. The average molecular weight is 268 g/mol. The second-order valence-corrected chi connectivity index (χ2v) is 5.08. The molecule has 1 aliphatic carbocycles. The van der Waals surface area contributed by atoms with E-state index >= 15 is 0 Å². The summed E-state index contributed by atoms with van der Waals surface area (Å²) in [5.41, 5.74) is 4.67. The molecule has 0 radical (unpaired) electrons. The number of imidazole rings is 1. The van der Waals surface area contributed by atoms with Crippen molar-refractivity contribution in [2.24, 2.45) is 0 Å². The van der Waals surface area contributed by atoms with Crippen molar-refractivity contribution in [3.05, 3.63) is 58.7 Å². The van der Waals surface area contributed by atoms with Gasteiger partial charge in [-0.05, 0) is 48.1 Å². The minimum absolute atomic E-state index is 0.435. The lowest BCUT2D eigenvalue weighted by atomic mass is 9.86. The Bertz CT molecular complexity index is 685. The maximum atomic E-state index is 11.5. The van der Waals surface area contributed by atoms with E-state index in [-0.39, 0.29) is 0 Å². The molecule has 0 aliphatic heterocycles. The zero-order valence-corrected chi connectivity index (χ0v) is 11.3. The fourth-order valence-corrected chi connectivity index (χ4v) is 2.77. The smallest absolute Gasteiger partial charge is 0.335 e. The van der Waals surface area contributed by atoms with E-state index in [4.69, 9.17) is 0 Å². The highest BCUT2D eigenvalue weighted by Gasteiger charge is 2.19. The molecule has 0 fully saturated rings. The molecule has 3 rings (SSSR count). The molecule has 0 spiro atoms. The van der Waals surface area contributed by atoms with Crippen LogP contribution in [0, 0.1) is 6.92 Å². The Labute approximate surface area is 117 Å². The van der Waals surface area contributed by atoms with Gasteiger partial charge in [0.15, 0.2) is 0 Å². The van der Waals surface area contributed by atoms with Gasteiger partial charge in [0, 0.05) is 18.9 Å². The zero-order chi connectivity index (χ0) is 14.1. The lowest BCUT2D eigenvalue weighted by Gasteiger charge is -2.19. The molecule has 0 unspecified atom stereocenters. The summed E-state index contributed by atoms with van der Waals surface area (Å²) in [5, 5.41) is 9.44. The van der Waals surface area contributed by atoms with Gasteiger partial charge in [-0.3, -0.25) is 0 Å². The Morgan fingerprint density at radius 2 is 2.35 bits per heavy atom. The lowest BCUT2D eigenvalue weighted by Crippen LogP contribution is -2.11. The highest BCUT2D eigenvalue weighted by atomic mass is 16.4. The third-order valence-corrected chi connectivity index (χ3v) is 3.84. The number of benzene rings is 1. The van der Waals surface area contributed by atoms with E-state index in [1.165, 1.54) is 0 Å². The van der Waals surface area contributed by atoms with E-state index in [1.54, 1.807) is 12.5 Å². The second-order valence-electron chi connectivity index (χ2n) is 5.08. The molecule has 102 valence electrons. The molecular weight excluding hydrogens is 252 g/mol. The zero-order valence-electron chi connectivity index (χ0n) is 11.3. The predicted octanol–water partition coefficient (Wildman–Crippen LogP) is 2.90.